The van der Waals surface area contributed by atoms with Crippen molar-refractivity contribution < 1.29 is 14.3 Å². The van der Waals surface area contributed by atoms with Crippen molar-refractivity contribution in [1.29, 1.82) is 0 Å². The average molecular weight is 344 g/mol. The fourth-order valence-corrected chi connectivity index (χ4v) is 2.84. The number of ether oxygens (including phenoxy) is 1. The van der Waals surface area contributed by atoms with Crippen LogP contribution in [0.2, 0.25) is 0 Å². The highest BCUT2D eigenvalue weighted by atomic mass is 32.1. The molecular formula is C18H20N2O3S. The Hall–Kier alpha value is -2.47. The third-order valence-corrected chi connectivity index (χ3v) is 4.11. The number of aryl methyl sites for hydroxylation is 1. The summed E-state index contributed by atoms with van der Waals surface area (Å²) in [4.78, 5) is 29.0. The maximum Gasteiger partial charge on any atom is 0.308 e. The van der Waals surface area contributed by atoms with Crippen LogP contribution in [0.25, 0.3) is 6.08 Å². The van der Waals surface area contributed by atoms with Crippen LogP contribution in [0.1, 0.15) is 34.8 Å². The van der Waals surface area contributed by atoms with E-state index in [2.05, 4.69) is 10.3 Å². The molecule has 0 radical (unpaired) electrons. The minimum atomic E-state index is -0.425. The molecule has 1 unspecified atom stereocenters. The number of carbonyl (C=O) groups excluding carboxylic acids is 2. The summed E-state index contributed by atoms with van der Waals surface area (Å²) in [7, 11) is 0. The van der Waals surface area contributed by atoms with Crippen LogP contribution >= 0.6 is 11.3 Å². The first-order valence-electron chi connectivity index (χ1n) is 7.70. The summed E-state index contributed by atoms with van der Waals surface area (Å²) < 4.78 is 4.99. The first-order valence-corrected chi connectivity index (χ1v) is 8.51. The van der Waals surface area contributed by atoms with Gasteiger partial charge in [0, 0.05) is 17.2 Å². The molecule has 0 bridgehead atoms. The van der Waals surface area contributed by atoms with Gasteiger partial charge in [-0.2, -0.15) is 0 Å². The lowest BCUT2D eigenvalue weighted by atomic mass is 10.0. The maximum absolute atomic E-state index is 12.2. The number of hydrogen-bond acceptors (Lipinski definition) is 5. The Bertz CT molecular complexity index is 710. The quantitative estimate of drug-likeness (QED) is 0.618. The van der Waals surface area contributed by atoms with Gasteiger partial charge in [-0.05, 0) is 25.5 Å². The molecule has 0 aliphatic carbocycles. The molecule has 0 spiro atoms. The second-order valence-corrected chi connectivity index (χ2v) is 6.36. The number of rotatable bonds is 7. The molecule has 0 saturated carbocycles. The zero-order chi connectivity index (χ0) is 17.4. The molecule has 0 aliphatic rings. The molecule has 6 heteroatoms. The first kappa shape index (κ1) is 17.9. The second kappa shape index (κ2) is 8.98. The molecule has 24 heavy (non-hydrogen) atoms. The van der Waals surface area contributed by atoms with Gasteiger partial charge in [-0.25, -0.2) is 4.98 Å². The maximum atomic E-state index is 12.2. The largest absolute Gasteiger partial charge is 0.466 e. The minimum absolute atomic E-state index is 0.0943. The summed E-state index contributed by atoms with van der Waals surface area (Å²) in [5.74, 6) is -0.604. The number of nitrogens with one attached hydrogen (secondary N) is 1. The topological polar surface area (TPSA) is 68.3 Å². The van der Waals surface area contributed by atoms with E-state index in [0.29, 0.717) is 6.61 Å². The molecule has 2 rings (SSSR count). The highest BCUT2D eigenvalue weighted by Crippen LogP contribution is 2.18. The Morgan fingerprint density at radius 3 is 2.71 bits per heavy atom. The molecule has 5 nitrogen and oxygen atoms in total. The van der Waals surface area contributed by atoms with Crippen LogP contribution in [0.4, 0.5) is 0 Å². The van der Waals surface area contributed by atoms with Crippen molar-refractivity contribution >= 4 is 29.3 Å². The van der Waals surface area contributed by atoms with E-state index in [1.165, 1.54) is 17.4 Å². The number of thiazole rings is 1. The molecule has 2 aromatic rings. The van der Waals surface area contributed by atoms with Crippen molar-refractivity contribution in [3.63, 3.8) is 0 Å². The second-order valence-electron chi connectivity index (χ2n) is 5.10. The van der Waals surface area contributed by atoms with Crippen molar-refractivity contribution in [3.8, 4) is 0 Å². The first-order chi connectivity index (χ1) is 11.6. The molecule has 1 amide bonds. The highest BCUT2D eigenvalue weighted by Gasteiger charge is 2.18. The van der Waals surface area contributed by atoms with Crippen LogP contribution in [0.15, 0.2) is 42.6 Å². The predicted octanol–water partition coefficient (Wildman–Crippen LogP) is 3.28. The summed E-state index contributed by atoms with van der Waals surface area (Å²) in [6.45, 7) is 3.99. The molecule has 0 aliphatic heterocycles. The number of hydrogen-bond donors (Lipinski definition) is 1. The highest BCUT2D eigenvalue weighted by molar-refractivity contribution is 7.12. The third kappa shape index (κ3) is 5.62. The third-order valence-electron chi connectivity index (χ3n) is 3.23. The van der Waals surface area contributed by atoms with E-state index in [1.54, 1.807) is 19.2 Å². The van der Waals surface area contributed by atoms with Gasteiger partial charge in [-0.3, -0.25) is 9.59 Å². The predicted molar refractivity (Wildman–Crippen MR) is 94.5 cm³/mol. The van der Waals surface area contributed by atoms with Gasteiger partial charge in [0.2, 0.25) is 5.91 Å². The summed E-state index contributed by atoms with van der Waals surface area (Å²) >= 11 is 1.51. The zero-order valence-electron chi connectivity index (χ0n) is 13.7. The van der Waals surface area contributed by atoms with E-state index < -0.39 is 6.04 Å². The van der Waals surface area contributed by atoms with Crippen LogP contribution in [0, 0.1) is 6.92 Å². The van der Waals surface area contributed by atoms with Crippen LogP contribution in [0.5, 0.6) is 0 Å². The monoisotopic (exact) mass is 344 g/mol. The molecule has 1 N–H and O–H groups in total. The Labute approximate surface area is 145 Å². The number of nitrogens with zero attached hydrogens (tertiary/aromatic N) is 1. The Morgan fingerprint density at radius 1 is 1.33 bits per heavy atom. The van der Waals surface area contributed by atoms with E-state index in [0.717, 1.165) is 15.4 Å². The number of amides is 1. The average Bonchev–Trinajstić information content (AvgIpc) is 2.99. The number of carbonyl (C=O) groups is 2. The van der Waals surface area contributed by atoms with Crippen molar-refractivity contribution in [2.75, 3.05) is 6.61 Å². The van der Waals surface area contributed by atoms with Gasteiger partial charge < -0.3 is 10.1 Å². The van der Waals surface area contributed by atoms with Gasteiger partial charge in [-0.1, -0.05) is 30.3 Å². The van der Waals surface area contributed by atoms with E-state index in [1.807, 2.05) is 37.3 Å². The summed E-state index contributed by atoms with van der Waals surface area (Å²) in [5, 5.41) is 3.80. The zero-order valence-corrected chi connectivity index (χ0v) is 14.5. The minimum Gasteiger partial charge on any atom is -0.466 e. The van der Waals surface area contributed by atoms with Gasteiger partial charge in [-0.15, -0.1) is 11.3 Å². The van der Waals surface area contributed by atoms with Gasteiger partial charge in [0.1, 0.15) is 0 Å². The van der Waals surface area contributed by atoms with Gasteiger partial charge in [0.05, 0.1) is 24.1 Å². The fourth-order valence-electron chi connectivity index (χ4n) is 2.16. The van der Waals surface area contributed by atoms with Crippen LogP contribution in [-0.2, 0) is 14.3 Å². The van der Waals surface area contributed by atoms with E-state index in [9.17, 15) is 9.59 Å². The Morgan fingerprint density at radius 2 is 2.08 bits per heavy atom. The molecule has 1 aromatic carbocycles. The molecule has 0 saturated heterocycles. The Balaban J connectivity index is 2.05. The van der Waals surface area contributed by atoms with Crippen molar-refractivity contribution in [2.45, 2.75) is 26.3 Å². The molecule has 1 heterocycles. The lowest BCUT2D eigenvalue weighted by Gasteiger charge is -2.17. The van der Waals surface area contributed by atoms with Crippen LogP contribution in [-0.4, -0.2) is 23.5 Å². The van der Waals surface area contributed by atoms with E-state index in [4.69, 9.17) is 4.74 Å². The van der Waals surface area contributed by atoms with Crippen molar-refractivity contribution in [1.82, 2.24) is 10.3 Å². The molecule has 1 aromatic heterocycles. The van der Waals surface area contributed by atoms with E-state index >= 15 is 0 Å². The lowest BCUT2D eigenvalue weighted by Crippen LogP contribution is -2.29. The normalized spacial score (nSPS) is 12.1. The summed E-state index contributed by atoms with van der Waals surface area (Å²) in [6, 6.07) is 8.95. The SMILES string of the molecule is CCOC(=O)CC(NC(=O)C=Cc1cnc(C)s1)c1ccccc1. The van der Waals surface area contributed by atoms with Gasteiger partial charge in [0.15, 0.2) is 0 Å². The number of esters is 1. The number of aromatic nitrogens is 1. The van der Waals surface area contributed by atoms with Gasteiger partial charge >= 0.3 is 5.97 Å². The van der Waals surface area contributed by atoms with Gasteiger partial charge in [0.25, 0.3) is 0 Å². The van der Waals surface area contributed by atoms with Crippen molar-refractivity contribution in [2.24, 2.45) is 0 Å². The summed E-state index contributed by atoms with van der Waals surface area (Å²) in [6.07, 6.45) is 4.98. The smallest absolute Gasteiger partial charge is 0.308 e. The fraction of sp³-hybridized carbons (Fsp3) is 0.278. The number of benzene rings is 1. The summed E-state index contributed by atoms with van der Waals surface area (Å²) in [5.41, 5.74) is 0.862. The molecule has 126 valence electrons. The van der Waals surface area contributed by atoms with Crippen molar-refractivity contribution in [3.05, 3.63) is 58.1 Å². The molecule has 1 atom stereocenters. The van der Waals surface area contributed by atoms with Crippen LogP contribution < -0.4 is 5.32 Å². The standard InChI is InChI=1S/C18H20N2O3S/c1-3-23-18(22)11-16(14-7-5-4-6-8-14)20-17(21)10-9-15-12-19-13(2)24-15/h4-10,12,16H,3,11H2,1-2H3,(H,20,21). The molecule has 0 fully saturated rings. The lowest BCUT2D eigenvalue weighted by molar-refractivity contribution is -0.143. The van der Waals surface area contributed by atoms with E-state index in [-0.39, 0.29) is 18.3 Å². The van der Waals surface area contributed by atoms with Crippen LogP contribution in [0.3, 0.4) is 0 Å². The Kier molecular flexibility index (Phi) is 6.69. The molecular weight excluding hydrogens is 324 g/mol.